The van der Waals surface area contributed by atoms with E-state index in [0.29, 0.717) is 28.2 Å². The van der Waals surface area contributed by atoms with Crippen LogP contribution in [0.25, 0.3) is 0 Å². The molecule has 0 saturated carbocycles. The first-order chi connectivity index (χ1) is 13.3. The predicted octanol–water partition coefficient (Wildman–Crippen LogP) is 4.42. The Kier molecular flexibility index (Phi) is 5.34. The molecular weight excluding hydrogens is 372 g/mol. The Balaban J connectivity index is 1.85. The summed E-state index contributed by atoms with van der Waals surface area (Å²) >= 11 is 0. The molecule has 0 aliphatic heterocycles. The van der Waals surface area contributed by atoms with Crippen LogP contribution in [0.15, 0.2) is 59.6 Å². The van der Waals surface area contributed by atoms with Crippen molar-refractivity contribution in [3.8, 4) is 6.07 Å². The van der Waals surface area contributed by atoms with E-state index < -0.39 is 10.0 Å². The molecule has 3 aromatic rings. The molecule has 0 aliphatic rings. The number of pyridine rings is 1. The van der Waals surface area contributed by atoms with Gasteiger partial charge in [0.25, 0.3) is 10.0 Å². The number of benzene rings is 2. The van der Waals surface area contributed by atoms with Crippen LogP contribution in [0.5, 0.6) is 0 Å². The molecule has 3 rings (SSSR count). The number of aromatic nitrogens is 1. The van der Waals surface area contributed by atoms with E-state index in [0.717, 1.165) is 11.3 Å². The van der Waals surface area contributed by atoms with Gasteiger partial charge in [0.2, 0.25) is 0 Å². The van der Waals surface area contributed by atoms with Crippen molar-refractivity contribution in [1.29, 1.82) is 5.26 Å². The van der Waals surface area contributed by atoms with Gasteiger partial charge >= 0.3 is 0 Å². The van der Waals surface area contributed by atoms with Crippen LogP contribution in [0.2, 0.25) is 0 Å². The first-order valence-electron chi connectivity index (χ1n) is 8.62. The number of nitriles is 1. The second kappa shape index (κ2) is 7.71. The maximum Gasteiger partial charge on any atom is 0.262 e. The SMILES string of the molecule is Cc1cc(C)c(S(=O)(=O)Nc2ccnc(Nc3ccc(C#N)cc3)c2)c(C)c1. The summed E-state index contributed by atoms with van der Waals surface area (Å²) in [6.45, 7) is 5.52. The first kappa shape index (κ1) is 19.4. The molecule has 1 aromatic heterocycles. The zero-order chi connectivity index (χ0) is 20.3. The summed E-state index contributed by atoms with van der Waals surface area (Å²) in [5.41, 5.74) is 4.14. The van der Waals surface area contributed by atoms with Gasteiger partial charge < -0.3 is 5.32 Å². The predicted molar refractivity (Wildman–Crippen MR) is 110 cm³/mol. The third-order valence-electron chi connectivity index (χ3n) is 4.17. The fourth-order valence-corrected chi connectivity index (χ4v) is 4.64. The summed E-state index contributed by atoms with van der Waals surface area (Å²) in [5, 5.41) is 12.0. The molecule has 0 amide bonds. The number of nitrogens with zero attached hydrogens (tertiary/aromatic N) is 2. The number of nitrogens with one attached hydrogen (secondary N) is 2. The number of rotatable bonds is 5. The van der Waals surface area contributed by atoms with Crippen molar-refractivity contribution in [3.63, 3.8) is 0 Å². The van der Waals surface area contributed by atoms with Crippen LogP contribution in [0.3, 0.4) is 0 Å². The van der Waals surface area contributed by atoms with Crippen molar-refractivity contribution >= 4 is 27.2 Å². The molecule has 28 heavy (non-hydrogen) atoms. The van der Waals surface area contributed by atoms with Crippen LogP contribution in [0.4, 0.5) is 17.2 Å². The van der Waals surface area contributed by atoms with Crippen LogP contribution < -0.4 is 10.0 Å². The topological polar surface area (TPSA) is 94.9 Å². The van der Waals surface area contributed by atoms with Crippen molar-refractivity contribution in [2.75, 3.05) is 10.0 Å². The molecule has 0 atom stereocenters. The van der Waals surface area contributed by atoms with Crippen LogP contribution >= 0.6 is 0 Å². The molecule has 142 valence electrons. The fraction of sp³-hybridized carbons (Fsp3) is 0.143. The third kappa shape index (κ3) is 4.30. The maximum atomic E-state index is 12.9. The fourth-order valence-electron chi connectivity index (χ4n) is 3.14. The number of hydrogen-bond acceptors (Lipinski definition) is 5. The summed E-state index contributed by atoms with van der Waals surface area (Å²) in [6, 6.07) is 15.9. The molecule has 0 unspecified atom stereocenters. The molecule has 7 heteroatoms. The number of anilines is 3. The number of aryl methyl sites for hydroxylation is 3. The third-order valence-corrected chi connectivity index (χ3v) is 5.86. The zero-order valence-corrected chi connectivity index (χ0v) is 16.6. The Morgan fingerprint density at radius 1 is 0.929 bits per heavy atom. The molecule has 0 fully saturated rings. The molecule has 0 aliphatic carbocycles. The minimum Gasteiger partial charge on any atom is -0.340 e. The average Bonchev–Trinajstić information content (AvgIpc) is 2.61. The van der Waals surface area contributed by atoms with Crippen LogP contribution in [-0.4, -0.2) is 13.4 Å². The Labute approximate surface area is 164 Å². The second-order valence-electron chi connectivity index (χ2n) is 6.58. The molecule has 2 N–H and O–H groups in total. The Morgan fingerprint density at radius 2 is 1.57 bits per heavy atom. The summed E-state index contributed by atoms with van der Waals surface area (Å²) in [5.74, 6) is 0.488. The lowest BCUT2D eigenvalue weighted by molar-refractivity contribution is 0.600. The highest BCUT2D eigenvalue weighted by atomic mass is 32.2. The van der Waals surface area contributed by atoms with Gasteiger partial charge in [0.05, 0.1) is 22.2 Å². The van der Waals surface area contributed by atoms with E-state index in [1.807, 2.05) is 19.1 Å². The van der Waals surface area contributed by atoms with E-state index in [-0.39, 0.29) is 4.90 Å². The van der Waals surface area contributed by atoms with Crippen LogP contribution in [-0.2, 0) is 10.0 Å². The minimum atomic E-state index is -3.73. The molecule has 0 radical (unpaired) electrons. The highest BCUT2D eigenvalue weighted by molar-refractivity contribution is 7.92. The molecular formula is C21H20N4O2S. The minimum absolute atomic E-state index is 0.288. The van der Waals surface area contributed by atoms with Gasteiger partial charge in [-0.3, -0.25) is 4.72 Å². The van der Waals surface area contributed by atoms with Crippen LogP contribution in [0, 0.1) is 32.1 Å². The largest absolute Gasteiger partial charge is 0.340 e. The molecule has 0 spiro atoms. The Morgan fingerprint density at radius 3 is 2.18 bits per heavy atom. The summed E-state index contributed by atoms with van der Waals surface area (Å²) in [7, 11) is -3.73. The van der Waals surface area contributed by atoms with E-state index >= 15 is 0 Å². The molecule has 0 saturated heterocycles. The van der Waals surface area contributed by atoms with Gasteiger partial charge in [0, 0.05) is 18.0 Å². The van der Waals surface area contributed by atoms with Crippen molar-refractivity contribution in [1.82, 2.24) is 4.98 Å². The first-order valence-corrected chi connectivity index (χ1v) is 10.1. The van der Waals surface area contributed by atoms with Gasteiger partial charge in [-0.25, -0.2) is 13.4 Å². The van der Waals surface area contributed by atoms with Gasteiger partial charge in [0.15, 0.2) is 0 Å². The summed E-state index contributed by atoms with van der Waals surface area (Å²) < 4.78 is 28.5. The lowest BCUT2D eigenvalue weighted by Crippen LogP contribution is -2.16. The maximum absolute atomic E-state index is 12.9. The normalized spacial score (nSPS) is 10.9. The molecule has 1 heterocycles. The van der Waals surface area contributed by atoms with Gasteiger partial charge in [-0.05, 0) is 62.2 Å². The molecule has 2 aromatic carbocycles. The van der Waals surface area contributed by atoms with Gasteiger partial charge in [-0.2, -0.15) is 5.26 Å². The number of hydrogen-bond donors (Lipinski definition) is 2. The molecule has 0 bridgehead atoms. The van der Waals surface area contributed by atoms with Crippen molar-refractivity contribution in [3.05, 3.63) is 77.0 Å². The monoisotopic (exact) mass is 392 g/mol. The number of sulfonamides is 1. The van der Waals surface area contributed by atoms with E-state index in [4.69, 9.17) is 5.26 Å². The average molecular weight is 392 g/mol. The molecule has 6 nitrogen and oxygen atoms in total. The standard InChI is InChI=1S/C21H20N4O2S/c1-14-10-15(2)21(16(3)11-14)28(26,27)25-19-8-9-23-20(12-19)24-18-6-4-17(13-22)5-7-18/h4-12H,1-3H3,(H2,23,24,25). The quantitative estimate of drug-likeness (QED) is 0.670. The van der Waals surface area contributed by atoms with Crippen molar-refractivity contribution < 1.29 is 8.42 Å². The van der Waals surface area contributed by atoms with Gasteiger partial charge in [-0.15, -0.1) is 0 Å². The van der Waals surface area contributed by atoms with Crippen molar-refractivity contribution in [2.24, 2.45) is 0 Å². The Hall–Kier alpha value is -3.37. The lowest BCUT2D eigenvalue weighted by atomic mass is 10.1. The van der Waals surface area contributed by atoms with E-state index in [1.54, 1.807) is 50.2 Å². The van der Waals surface area contributed by atoms with E-state index in [2.05, 4.69) is 21.1 Å². The van der Waals surface area contributed by atoms with Gasteiger partial charge in [-0.1, -0.05) is 17.7 Å². The van der Waals surface area contributed by atoms with Crippen molar-refractivity contribution in [2.45, 2.75) is 25.7 Å². The lowest BCUT2D eigenvalue weighted by Gasteiger charge is -2.14. The Bertz CT molecular complexity index is 1140. The van der Waals surface area contributed by atoms with Gasteiger partial charge in [0.1, 0.15) is 5.82 Å². The summed E-state index contributed by atoms with van der Waals surface area (Å²) in [4.78, 5) is 4.50. The highest BCUT2D eigenvalue weighted by Crippen LogP contribution is 2.25. The smallest absolute Gasteiger partial charge is 0.262 e. The zero-order valence-electron chi connectivity index (χ0n) is 15.8. The second-order valence-corrected chi connectivity index (χ2v) is 8.20. The van der Waals surface area contributed by atoms with E-state index in [9.17, 15) is 8.42 Å². The van der Waals surface area contributed by atoms with E-state index in [1.165, 1.54) is 6.20 Å². The highest BCUT2D eigenvalue weighted by Gasteiger charge is 2.20. The van der Waals surface area contributed by atoms with Crippen LogP contribution in [0.1, 0.15) is 22.3 Å². The summed E-state index contributed by atoms with van der Waals surface area (Å²) in [6.07, 6.45) is 1.53.